The fourth-order valence-electron chi connectivity index (χ4n) is 2.18. The summed E-state index contributed by atoms with van der Waals surface area (Å²) < 4.78 is 31.7. The average Bonchev–Trinajstić information content (AvgIpc) is 2.51. The lowest BCUT2D eigenvalue weighted by atomic mass is 10.1. The van der Waals surface area contributed by atoms with Crippen LogP contribution in [0, 0.1) is 0 Å². The number of nitrogens with one attached hydrogen (secondary N) is 1. The average molecular weight is 357 g/mol. The van der Waals surface area contributed by atoms with Crippen molar-refractivity contribution in [2.45, 2.75) is 83.2 Å². The van der Waals surface area contributed by atoms with Gasteiger partial charge in [0.25, 0.3) is 0 Å². The van der Waals surface area contributed by atoms with Crippen molar-refractivity contribution in [3.05, 3.63) is 0 Å². The van der Waals surface area contributed by atoms with Crippen LogP contribution in [0.25, 0.3) is 0 Å². The van der Waals surface area contributed by atoms with Crippen LogP contribution in [0.3, 0.4) is 0 Å². The fourth-order valence-corrected chi connectivity index (χ4v) is 2.18. The van der Waals surface area contributed by atoms with Gasteiger partial charge in [0, 0.05) is 6.61 Å². The summed E-state index contributed by atoms with van der Waals surface area (Å²) in [6.45, 7) is 1.54. The zero-order valence-corrected chi connectivity index (χ0v) is 14.8. The van der Waals surface area contributed by atoms with E-state index in [4.69, 9.17) is 15.0 Å². The summed E-state index contributed by atoms with van der Waals surface area (Å²) in [5.74, 6) is -2.76. The number of unbranched alkanes of at least 4 members (excludes halogenated alkanes) is 11. The largest absolute Gasteiger partial charge is 0.490 e. The summed E-state index contributed by atoms with van der Waals surface area (Å²) in [5, 5.41) is 19.0. The van der Waals surface area contributed by atoms with E-state index < -0.39 is 12.1 Å². The second-order valence-corrected chi connectivity index (χ2v) is 5.87. The molecule has 0 fully saturated rings. The van der Waals surface area contributed by atoms with Crippen LogP contribution in [-0.2, 0) is 4.79 Å². The first-order chi connectivity index (χ1) is 11.4. The van der Waals surface area contributed by atoms with E-state index in [-0.39, 0.29) is 0 Å². The molecule has 0 aromatic heterocycles. The van der Waals surface area contributed by atoms with E-state index in [1.54, 1.807) is 0 Å². The van der Waals surface area contributed by atoms with Gasteiger partial charge in [0.1, 0.15) is 0 Å². The van der Waals surface area contributed by atoms with Crippen LogP contribution in [0.4, 0.5) is 13.2 Å². The number of carboxylic acids is 1. The Hall–Kier alpha value is -0.820. The van der Waals surface area contributed by atoms with Gasteiger partial charge < -0.3 is 15.5 Å². The Bertz CT molecular complexity index is 260. The van der Waals surface area contributed by atoms with Crippen molar-refractivity contribution in [2.75, 3.05) is 20.2 Å². The second-order valence-electron chi connectivity index (χ2n) is 5.87. The lowest BCUT2D eigenvalue weighted by Crippen LogP contribution is -2.21. The molecule has 0 saturated carbocycles. The quantitative estimate of drug-likeness (QED) is 0.400. The molecule has 0 aliphatic heterocycles. The van der Waals surface area contributed by atoms with Gasteiger partial charge in [-0.1, -0.05) is 64.2 Å². The summed E-state index contributed by atoms with van der Waals surface area (Å²) in [7, 11) is 2.03. The van der Waals surface area contributed by atoms with Crippen LogP contribution in [0.1, 0.15) is 77.0 Å². The first kappa shape index (κ1) is 25.4. The number of aliphatic carboxylic acids is 1. The van der Waals surface area contributed by atoms with Crippen LogP contribution in [0.2, 0.25) is 0 Å². The van der Waals surface area contributed by atoms with Gasteiger partial charge in [0.2, 0.25) is 0 Å². The topological polar surface area (TPSA) is 69.6 Å². The Kier molecular flexibility index (Phi) is 19.6. The minimum atomic E-state index is -5.08. The van der Waals surface area contributed by atoms with Gasteiger partial charge in [-0.3, -0.25) is 0 Å². The normalized spacial score (nSPS) is 11.0. The maximum absolute atomic E-state index is 10.6. The third kappa shape index (κ3) is 23.4. The molecule has 0 radical (unpaired) electrons. The molecule has 3 N–H and O–H groups in total. The van der Waals surface area contributed by atoms with E-state index in [0.717, 1.165) is 6.42 Å². The third-order valence-corrected chi connectivity index (χ3v) is 3.58. The summed E-state index contributed by atoms with van der Waals surface area (Å²) in [4.78, 5) is 8.90. The van der Waals surface area contributed by atoms with E-state index in [1.807, 2.05) is 7.05 Å². The van der Waals surface area contributed by atoms with Crippen LogP contribution in [0.15, 0.2) is 0 Å². The smallest absolute Gasteiger partial charge is 0.475 e. The van der Waals surface area contributed by atoms with Crippen molar-refractivity contribution in [3.63, 3.8) is 0 Å². The highest BCUT2D eigenvalue weighted by Crippen LogP contribution is 2.13. The number of hydrogen-bond donors (Lipinski definition) is 3. The van der Waals surface area contributed by atoms with Crippen molar-refractivity contribution in [2.24, 2.45) is 0 Å². The van der Waals surface area contributed by atoms with Gasteiger partial charge in [0.05, 0.1) is 0 Å². The molecule has 0 bridgehead atoms. The lowest BCUT2D eigenvalue weighted by molar-refractivity contribution is -0.192. The standard InChI is InChI=1S/C15H33NO.C2HF3O2/c1-16-14-12-10-8-6-4-2-3-5-7-9-11-13-15-17;3-2(4,5)1(6)7/h16-17H,2-15H2,1H3;(H,6,7). The molecule has 0 aromatic carbocycles. The Morgan fingerprint density at radius 1 is 0.792 bits per heavy atom. The van der Waals surface area contributed by atoms with Crippen molar-refractivity contribution in [1.29, 1.82) is 0 Å². The van der Waals surface area contributed by atoms with Crippen LogP contribution >= 0.6 is 0 Å². The van der Waals surface area contributed by atoms with Gasteiger partial charge in [0.15, 0.2) is 0 Å². The van der Waals surface area contributed by atoms with Gasteiger partial charge in [-0.2, -0.15) is 13.2 Å². The highest BCUT2D eigenvalue weighted by atomic mass is 19.4. The minimum absolute atomic E-state index is 0.369. The molecule has 0 atom stereocenters. The molecule has 0 spiro atoms. The SMILES string of the molecule is CNCCCCCCCCCCCCCCO.O=C(O)C(F)(F)F. The minimum Gasteiger partial charge on any atom is -0.475 e. The summed E-state index contributed by atoms with van der Waals surface area (Å²) in [5.41, 5.74) is 0. The number of rotatable bonds is 14. The molecule has 0 rings (SSSR count). The molecule has 146 valence electrons. The summed E-state index contributed by atoms with van der Waals surface area (Å²) in [6.07, 6.45) is 11.0. The number of aliphatic hydroxyl groups excluding tert-OH is 1. The van der Waals surface area contributed by atoms with Crippen molar-refractivity contribution in [1.82, 2.24) is 5.32 Å². The molecule has 0 aliphatic carbocycles. The van der Waals surface area contributed by atoms with E-state index in [0.29, 0.717) is 6.61 Å². The molecule has 24 heavy (non-hydrogen) atoms. The molecular formula is C17H34F3NO3. The van der Waals surface area contributed by atoms with Crippen molar-refractivity contribution in [3.8, 4) is 0 Å². The molecular weight excluding hydrogens is 323 g/mol. The third-order valence-electron chi connectivity index (χ3n) is 3.58. The van der Waals surface area contributed by atoms with Gasteiger partial charge in [-0.05, 0) is 26.4 Å². The number of alkyl halides is 3. The number of carboxylic acid groups (broad SMARTS) is 1. The summed E-state index contributed by atoms with van der Waals surface area (Å²) in [6, 6.07) is 0. The fraction of sp³-hybridized carbons (Fsp3) is 0.941. The van der Waals surface area contributed by atoms with Crippen molar-refractivity contribution >= 4 is 5.97 Å². The highest BCUT2D eigenvalue weighted by Gasteiger charge is 2.38. The molecule has 0 amide bonds. The van der Waals surface area contributed by atoms with E-state index >= 15 is 0 Å². The first-order valence-electron chi connectivity index (χ1n) is 8.91. The van der Waals surface area contributed by atoms with Gasteiger partial charge in [-0.25, -0.2) is 4.79 Å². The number of carbonyl (C=O) groups is 1. The maximum atomic E-state index is 10.6. The van der Waals surface area contributed by atoms with Crippen LogP contribution in [0.5, 0.6) is 0 Å². The Labute approximate surface area is 143 Å². The Morgan fingerprint density at radius 2 is 1.08 bits per heavy atom. The monoisotopic (exact) mass is 357 g/mol. The molecule has 7 heteroatoms. The van der Waals surface area contributed by atoms with Crippen molar-refractivity contribution < 1.29 is 28.2 Å². The zero-order valence-electron chi connectivity index (χ0n) is 14.8. The van der Waals surface area contributed by atoms with Gasteiger partial charge in [-0.15, -0.1) is 0 Å². The molecule has 0 saturated heterocycles. The molecule has 0 aliphatic rings. The van der Waals surface area contributed by atoms with Crippen LogP contribution < -0.4 is 5.32 Å². The second kappa shape index (κ2) is 18.5. The van der Waals surface area contributed by atoms with E-state index in [1.165, 1.54) is 77.2 Å². The predicted molar refractivity (Wildman–Crippen MR) is 90.1 cm³/mol. The first-order valence-corrected chi connectivity index (χ1v) is 8.91. The number of aliphatic hydroxyl groups is 1. The van der Waals surface area contributed by atoms with Gasteiger partial charge >= 0.3 is 12.1 Å². The molecule has 0 heterocycles. The zero-order chi connectivity index (χ0) is 18.7. The maximum Gasteiger partial charge on any atom is 0.490 e. The van der Waals surface area contributed by atoms with E-state index in [9.17, 15) is 13.2 Å². The van der Waals surface area contributed by atoms with Crippen LogP contribution in [-0.4, -0.2) is 42.6 Å². The van der Waals surface area contributed by atoms with E-state index in [2.05, 4.69) is 5.32 Å². The number of hydrogen-bond acceptors (Lipinski definition) is 3. The molecule has 0 aromatic rings. The Balaban J connectivity index is 0. The highest BCUT2D eigenvalue weighted by molar-refractivity contribution is 5.73. The Morgan fingerprint density at radius 3 is 1.33 bits per heavy atom. The molecule has 0 unspecified atom stereocenters. The summed E-state index contributed by atoms with van der Waals surface area (Å²) >= 11 is 0. The molecule has 4 nitrogen and oxygen atoms in total. The lowest BCUT2D eigenvalue weighted by Gasteiger charge is -2.02. The predicted octanol–water partition coefficient (Wildman–Crippen LogP) is 4.51. The number of halogens is 3.